The van der Waals surface area contributed by atoms with Gasteiger partial charge in [0.15, 0.2) is 5.82 Å². The van der Waals surface area contributed by atoms with Crippen molar-refractivity contribution in [2.45, 2.75) is 32.9 Å². The largest absolute Gasteiger partial charge is 0.337 e. The van der Waals surface area contributed by atoms with E-state index in [0.717, 1.165) is 18.2 Å². The van der Waals surface area contributed by atoms with E-state index < -0.39 is 0 Å². The van der Waals surface area contributed by atoms with Gasteiger partial charge in [-0.05, 0) is 7.05 Å². The summed E-state index contributed by atoms with van der Waals surface area (Å²) in [5.41, 5.74) is 0. The molecule has 0 aliphatic heterocycles. The highest BCUT2D eigenvalue weighted by atomic mass is 16.5. The first-order valence-corrected chi connectivity index (χ1v) is 5.67. The summed E-state index contributed by atoms with van der Waals surface area (Å²) in [6, 6.07) is 0. The molecule has 0 saturated heterocycles. The maximum Gasteiger partial charge on any atom is 0.246 e. The smallest absolute Gasteiger partial charge is 0.246 e. The van der Waals surface area contributed by atoms with Crippen molar-refractivity contribution in [3.8, 4) is 0 Å². The molecule has 0 aliphatic rings. The first-order chi connectivity index (χ1) is 8.20. The highest BCUT2D eigenvalue weighted by Crippen LogP contribution is 2.11. The monoisotopic (exact) mass is 235 g/mol. The van der Waals surface area contributed by atoms with E-state index >= 15 is 0 Å². The molecule has 6 heteroatoms. The Hall–Kier alpha value is -1.69. The van der Waals surface area contributed by atoms with Gasteiger partial charge in [-0.1, -0.05) is 19.0 Å². The number of imidazole rings is 1. The molecule has 2 aromatic heterocycles. The summed E-state index contributed by atoms with van der Waals surface area (Å²) in [6.45, 7) is 5.37. The van der Waals surface area contributed by atoms with Crippen molar-refractivity contribution in [2.24, 2.45) is 0 Å². The molecule has 0 fully saturated rings. The summed E-state index contributed by atoms with van der Waals surface area (Å²) in [6.07, 6.45) is 3.68. The number of nitrogens with zero attached hydrogens (tertiary/aromatic N) is 4. The van der Waals surface area contributed by atoms with E-state index in [4.69, 9.17) is 4.52 Å². The zero-order valence-corrected chi connectivity index (χ0v) is 10.3. The van der Waals surface area contributed by atoms with Crippen molar-refractivity contribution < 1.29 is 4.52 Å². The lowest BCUT2D eigenvalue weighted by atomic mass is 10.2. The Kier molecular flexibility index (Phi) is 3.53. The van der Waals surface area contributed by atoms with Gasteiger partial charge in [-0.15, -0.1) is 0 Å². The second-order valence-electron chi connectivity index (χ2n) is 4.20. The zero-order chi connectivity index (χ0) is 12.3. The Balaban J connectivity index is 2.11. The highest BCUT2D eigenvalue weighted by Gasteiger charge is 2.11. The van der Waals surface area contributed by atoms with Crippen molar-refractivity contribution in [1.29, 1.82) is 0 Å². The minimum Gasteiger partial charge on any atom is -0.337 e. The fourth-order valence-electron chi connectivity index (χ4n) is 1.52. The van der Waals surface area contributed by atoms with E-state index in [1.165, 1.54) is 0 Å². The standard InChI is InChI=1S/C11H17N5O/c1-8(2)11-14-10(17-15-11)7-16-5-4-13-9(16)6-12-3/h4-5,8,12H,6-7H2,1-3H3. The number of hydrogen-bond donors (Lipinski definition) is 1. The van der Waals surface area contributed by atoms with E-state index in [9.17, 15) is 0 Å². The minimum atomic E-state index is 0.284. The van der Waals surface area contributed by atoms with Crippen LogP contribution in [-0.2, 0) is 13.1 Å². The Morgan fingerprint density at radius 1 is 1.47 bits per heavy atom. The van der Waals surface area contributed by atoms with Gasteiger partial charge in [0.05, 0.1) is 6.54 Å². The number of nitrogens with one attached hydrogen (secondary N) is 1. The Morgan fingerprint density at radius 3 is 2.94 bits per heavy atom. The molecule has 6 nitrogen and oxygen atoms in total. The summed E-state index contributed by atoms with van der Waals surface area (Å²) >= 11 is 0. The second-order valence-corrected chi connectivity index (χ2v) is 4.20. The number of rotatable bonds is 5. The van der Waals surface area contributed by atoms with Gasteiger partial charge >= 0.3 is 0 Å². The van der Waals surface area contributed by atoms with Crippen LogP contribution in [0.4, 0.5) is 0 Å². The normalized spacial score (nSPS) is 11.3. The van der Waals surface area contributed by atoms with Crippen LogP contribution in [0.5, 0.6) is 0 Å². The lowest BCUT2D eigenvalue weighted by Crippen LogP contribution is -2.12. The van der Waals surface area contributed by atoms with Crippen LogP contribution in [-0.4, -0.2) is 26.7 Å². The van der Waals surface area contributed by atoms with Crippen molar-refractivity contribution >= 4 is 0 Å². The van der Waals surface area contributed by atoms with Crippen LogP contribution in [0, 0.1) is 0 Å². The van der Waals surface area contributed by atoms with E-state index in [-0.39, 0.29) is 5.92 Å². The fourth-order valence-corrected chi connectivity index (χ4v) is 1.52. The predicted molar refractivity (Wildman–Crippen MR) is 62.5 cm³/mol. The van der Waals surface area contributed by atoms with E-state index in [2.05, 4.69) is 20.4 Å². The number of aromatic nitrogens is 4. The molecule has 2 aromatic rings. The maximum atomic E-state index is 5.20. The molecule has 0 unspecified atom stereocenters. The van der Waals surface area contributed by atoms with Crippen LogP contribution in [0.15, 0.2) is 16.9 Å². The number of hydrogen-bond acceptors (Lipinski definition) is 5. The van der Waals surface area contributed by atoms with E-state index in [0.29, 0.717) is 12.4 Å². The Bertz CT molecular complexity index is 474. The second kappa shape index (κ2) is 5.09. The van der Waals surface area contributed by atoms with Crippen LogP contribution in [0.1, 0.15) is 37.3 Å². The van der Waals surface area contributed by atoms with Crippen LogP contribution in [0.2, 0.25) is 0 Å². The molecule has 2 heterocycles. The fraction of sp³-hybridized carbons (Fsp3) is 0.545. The molecule has 17 heavy (non-hydrogen) atoms. The van der Waals surface area contributed by atoms with Gasteiger partial charge in [-0.25, -0.2) is 4.98 Å². The third kappa shape index (κ3) is 2.71. The SMILES string of the molecule is CNCc1nccn1Cc1nc(C(C)C)no1. The van der Waals surface area contributed by atoms with Crippen molar-refractivity contribution in [2.75, 3.05) is 7.05 Å². The first kappa shape index (κ1) is 11.8. The van der Waals surface area contributed by atoms with Crippen LogP contribution in [0.25, 0.3) is 0 Å². The van der Waals surface area contributed by atoms with Crippen LogP contribution >= 0.6 is 0 Å². The molecule has 0 saturated carbocycles. The predicted octanol–water partition coefficient (Wildman–Crippen LogP) is 1.16. The quantitative estimate of drug-likeness (QED) is 0.842. The lowest BCUT2D eigenvalue weighted by Gasteiger charge is -2.03. The summed E-state index contributed by atoms with van der Waals surface area (Å²) in [5.74, 6) is 2.60. The van der Waals surface area contributed by atoms with Crippen molar-refractivity contribution in [1.82, 2.24) is 25.0 Å². The third-order valence-corrected chi connectivity index (χ3v) is 2.44. The molecule has 0 atom stereocenters. The molecule has 0 radical (unpaired) electrons. The van der Waals surface area contributed by atoms with Crippen molar-refractivity contribution in [3.05, 3.63) is 29.9 Å². The van der Waals surface area contributed by atoms with Gasteiger partial charge in [0.2, 0.25) is 5.89 Å². The summed E-state index contributed by atoms with van der Waals surface area (Å²) in [4.78, 5) is 8.59. The van der Waals surface area contributed by atoms with Crippen LogP contribution < -0.4 is 5.32 Å². The first-order valence-electron chi connectivity index (χ1n) is 5.67. The summed E-state index contributed by atoms with van der Waals surface area (Å²) in [5, 5.41) is 7.01. The van der Waals surface area contributed by atoms with Gasteiger partial charge in [0, 0.05) is 18.3 Å². The van der Waals surface area contributed by atoms with Gasteiger partial charge in [0.1, 0.15) is 12.4 Å². The van der Waals surface area contributed by atoms with Gasteiger partial charge < -0.3 is 14.4 Å². The maximum absolute atomic E-state index is 5.20. The topological polar surface area (TPSA) is 68.8 Å². The lowest BCUT2D eigenvalue weighted by molar-refractivity contribution is 0.363. The van der Waals surface area contributed by atoms with E-state index in [1.807, 2.05) is 31.7 Å². The van der Waals surface area contributed by atoms with Crippen LogP contribution in [0.3, 0.4) is 0 Å². The molecule has 0 bridgehead atoms. The molecule has 0 aliphatic carbocycles. The molecule has 0 aromatic carbocycles. The van der Waals surface area contributed by atoms with Gasteiger partial charge in [0.25, 0.3) is 0 Å². The summed E-state index contributed by atoms with van der Waals surface area (Å²) < 4.78 is 7.20. The average molecular weight is 235 g/mol. The van der Waals surface area contributed by atoms with Gasteiger partial charge in [-0.2, -0.15) is 4.98 Å². The van der Waals surface area contributed by atoms with E-state index in [1.54, 1.807) is 6.20 Å². The Morgan fingerprint density at radius 2 is 2.29 bits per heavy atom. The molecule has 0 amide bonds. The van der Waals surface area contributed by atoms with Crippen molar-refractivity contribution in [3.63, 3.8) is 0 Å². The molecule has 2 rings (SSSR count). The minimum absolute atomic E-state index is 0.284. The zero-order valence-electron chi connectivity index (χ0n) is 10.3. The summed E-state index contributed by atoms with van der Waals surface area (Å²) in [7, 11) is 1.89. The molecular formula is C11H17N5O. The highest BCUT2D eigenvalue weighted by molar-refractivity contribution is 4.97. The molecule has 92 valence electrons. The molecular weight excluding hydrogens is 218 g/mol. The molecule has 1 N–H and O–H groups in total. The third-order valence-electron chi connectivity index (χ3n) is 2.44. The Labute approximate surface area is 100 Å². The van der Waals surface area contributed by atoms with Gasteiger partial charge in [-0.3, -0.25) is 0 Å². The molecule has 0 spiro atoms. The average Bonchev–Trinajstić information content (AvgIpc) is 2.90.